The summed E-state index contributed by atoms with van der Waals surface area (Å²) in [5, 5.41) is 2.59. The maximum Gasteiger partial charge on any atom is 0.332 e. The SMILES string of the molecule is CN(CC(=O)Nc1cnc2c(c1)c(=O)n(C)c(=O)n2C)S(=O)(=O)c1ccc(F)cc1. The van der Waals surface area contributed by atoms with Crippen LogP contribution in [-0.2, 0) is 28.9 Å². The van der Waals surface area contributed by atoms with Crippen LogP contribution in [0, 0.1) is 5.82 Å². The number of likely N-dealkylation sites (N-methyl/N-ethyl adjacent to an activating group) is 1. The number of anilines is 1. The average Bonchev–Trinajstić information content (AvgIpc) is 2.70. The van der Waals surface area contributed by atoms with Crippen molar-refractivity contribution in [3.05, 3.63) is 63.2 Å². The predicted molar refractivity (Wildman–Crippen MR) is 107 cm³/mol. The van der Waals surface area contributed by atoms with Gasteiger partial charge in [-0.2, -0.15) is 4.31 Å². The van der Waals surface area contributed by atoms with Crippen molar-refractivity contribution in [2.75, 3.05) is 18.9 Å². The van der Waals surface area contributed by atoms with Crippen LogP contribution in [0.3, 0.4) is 0 Å². The van der Waals surface area contributed by atoms with Crippen LogP contribution >= 0.6 is 0 Å². The third-order valence-electron chi connectivity index (χ3n) is 4.47. The zero-order valence-electron chi connectivity index (χ0n) is 16.3. The summed E-state index contributed by atoms with van der Waals surface area (Å²) in [4.78, 5) is 40.5. The Bertz CT molecular complexity index is 1360. The second kappa shape index (κ2) is 7.80. The molecule has 10 nitrogen and oxygen atoms in total. The largest absolute Gasteiger partial charge is 0.332 e. The van der Waals surface area contributed by atoms with Crippen molar-refractivity contribution in [1.82, 2.24) is 18.4 Å². The van der Waals surface area contributed by atoms with Gasteiger partial charge in [-0.3, -0.25) is 18.7 Å². The van der Waals surface area contributed by atoms with Gasteiger partial charge in [0.05, 0.1) is 28.7 Å². The summed E-state index contributed by atoms with van der Waals surface area (Å²) in [6.45, 7) is -0.525. The van der Waals surface area contributed by atoms with E-state index in [0.717, 1.165) is 33.1 Å². The van der Waals surface area contributed by atoms with E-state index in [1.165, 1.54) is 38.0 Å². The lowest BCUT2D eigenvalue weighted by Gasteiger charge is -2.17. The number of hydrogen-bond donors (Lipinski definition) is 1. The van der Waals surface area contributed by atoms with Gasteiger partial charge in [-0.1, -0.05) is 0 Å². The van der Waals surface area contributed by atoms with Gasteiger partial charge in [0.15, 0.2) is 0 Å². The third kappa shape index (κ3) is 3.86. The van der Waals surface area contributed by atoms with Gasteiger partial charge >= 0.3 is 5.69 Å². The fourth-order valence-electron chi connectivity index (χ4n) is 2.81. The number of benzene rings is 1. The first-order valence-corrected chi connectivity index (χ1v) is 10.0. The van der Waals surface area contributed by atoms with Crippen molar-refractivity contribution < 1.29 is 17.6 Å². The molecule has 0 atom stereocenters. The molecule has 3 aromatic rings. The Kier molecular flexibility index (Phi) is 5.55. The second-order valence-electron chi connectivity index (χ2n) is 6.56. The first-order chi connectivity index (χ1) is 14.0. The Morgan fingerprint density at radius 2 is 1.80 bits per heavy atom. The molecule has 2 aromatic heterocycles. The van der Waals surface area contributed by atoms with Crippen LogP contribution in [0.15, 0.2) is 51.0 Å². The van der Waals surface area contributed by atoms with Crippen LogP contribution in [0.5, 0.6) is 0 Å². The molecule has 1 N–H and O–H groups in total. The van der Waals surface area contributed by atoms with Gasteiger partial charge in [-0.15, -0.1) is 0 Å². The smallest absolute Gasteiger partial charge is 0.324 e. The van der Waals surface area contributed by atoms with Gasteiger partial charge < -0.3 is 5.32 Å². The van der Waals surface area contributed by atoms with Crippen molar-refractivity contribution in [3.8, 4) is 0 Å². The number of sulfonamides is 1. The number of amides is 1. The molecule has 30 heavy (non-hydrogen) atoms. The molecule has 0 saturated heterocycles. The Balaban J connectivity index is 1.82. The molecule has 1 aromatic carbocycles. The third-order valence-corrected chi connectivity index (χ3v) is 6.28. The quantitative estimate of drug-likeness (QED) is 0.603. The Hall–Kier alpha value is -3.38. The van der Waals surface area contributed by atoms with Crippen LogP contribution in [0.1, 0.15) is 0 Å². The number of hydrogen-bond acceptors (Lipinski definition) is 6. The molecule has 0 aliphatic rings. The van der Waals surface area contributed by atoms with Crippen LogP contribution in [0.4, 0.5) is 10.1 Å². The number of pyridine rings is 1. The topological polar surface area (TPSA) is 123 Å². The highest BCUT2D eigenvalue weighted by molar-refractivity contribution is 7.89. The van der Waals surface area contributed by atoms with E-state index >= 15 is 0 Å². The van der Waals surface area contributed by atoms with Gasteiger partial charge in [0.1, 0.15) is 11.5 Å². The van der Waals surface area contributed by atoms with Crippen LogP contribution < -0.4 is 16.6 Å². The number of carbonyl (C=O) groups is 1. The molecule has 0 spiro atoms. The molecular weight excluding hydrogens is 417 g/mol. The maximum absolute atomic E-state index is 13.0. The van der Waals surface area contributed by atoms with Crippen molar-refractivity contribution in [3.63, 3.8) is 0 Å². The first kappa shape index (κ1) is 21.3. The average molecular weight is 435 g/mol. The number of aryl methyl sites for hydroxylation is 1. The number of carbonyl (C=O) groups excluding carboxylic acids is 1. The van der Waals surface area contributed by atoms with Gasteiger partial charge in [0, 0.05) is 21.1 Å². The van der Waals surface area contributed by atoms with Crippen molar-refractivity contribution in [2.45, 2.75) is 4.90 Å². The summed E-state index contributed by atoms with van der Waals surface area (Å²) in [6, 6.07) is 5.58. The molecule has 158 valence electrons. The zero-order valence-corrected chi connectivity index (χ0v) is 17.1. The van der Waals surface area contributed by atoms with E-state index in [-0.39, 0.29) is 21.6 Å². The van der Waals surface area contributed by atoms with Crippen molar-refractivity contribution >= 4 is 32.7 Å². The lowest BCUT2D eigenvalue weighted by Crippen LogP contribution is -2.37. The monoisotopic (exact) mass is 435 g/mol. The van der Waals surface area contributed by atoms with Crippen LogP contribution in [0.25, 0.3) is 11.0 Å². The molecule has 12 heteroatoms. The maximum atomic E-state index is 13.0. The van der Waals surface area contributed by atoms with E-state index in [4.69, 9.17) is 0 Å². The molecule has 0 saturated carbocycles. The van der Waals surface area contributed by atoms with E-state index in [2.05, 4.69) is 10.3 Å². The summed E-state index contributed by atoms with van der Waals surface area (Å²) in [5.41, 5.74) is -0.801. The number of nitrogens with one attached hydrogen (secondary N) is 1. The second-order valence-corrected chi connectivity index (χ2v) is 8.61. The van der Waals surface area contributed by atoms with Crippen LogP contribution in [-0.4, -0.2) is 46.3 Å². The molecule has 0 aliphatic heterocycles. The summed E-state index contributed by atoms with van der Waals surface area (Å²) in [6.07, 6.45) is 1.26. The lowest BCUT2D eigenvalue weighted by atomic mass is 10.3. The molecule has 2 heterocycles. The number of halogens is 1. The van der Waals surface area contributed by atoms with Crippen molar-refractivity contribution in [2.24, 2.45) is 14.1 Å². The standard InChI is InChI=1S/C18H18FN5O5S/c1-22(30(28,29)13-6-4-11(19)5-7-13)10-15(25)21-12-8-14-16(20-9-12)23(2)18(27)24(3)17(14)26/h4-9H,10H2,1-3H3,(H,21,25). The number of fused-ring (bicyclic) bond motifs is 1. The van der Waals surface area contributed by atoms with Crippen molar-refractivity contribution in [1.29, 1.82) is 0 Å². The molecule has 0 radical (unpaired) electrons. The molecule has 3 rings (SSSR count). The van der Waals surface area contributed by atoms with Gasteiger partial charge in [-0.05, 0) is 30.3 Å². The van der Waals surface area contributed by atoms with Crippen LogP contribution in [0.2, 0.25) is 0 Å². The van der Waals surface area contributed by atoms with Gasteiger partial charge in [-0.25, -0.2) is 22.6 Å². The lowest BCUT2D eigenvalue weighted by molar-refractivity contribution is -0.116. The Morgan fingerprint density at radius 1 is 1.17 bits per heavy atom. The van der Waals surface area contributed by atoms with E-state index in [1.807, 2.05) is 0 Å². The summed E-state index contributed by atoms with van der Waals surface area (Å²) >= 11 is 0. The predicted octanol–water partition coefficient (Wildman–Crippen LogP) is 0.0305. The minimum absolute atomic E-state index is 0.115. The molecular formula is C18H18FN5O5S. The minimum Gasteiger partial charge on any atom is -0.324 e. The molecule has 0 aliphatic carbocycles. The Morgan fingerprint density at radius 3 is 2.43 bits per heavy atom. The van der Waals surface area contributed by atoms with E-state index < -0.39 is 39.5 Å². The number of rotatable bonds is 5. The Labute approximate surface area is 170 Å². The minimum atomic E-state index is -4.00. The highest BCUT2D eigenvalue weighted by Crippen LogP contribution is 2.16. The van der Waals surface area contributed by atoms with E-state index in [0.29, 0.717) is 0 Å². The fraction of sp³-hybridized carbons (Fsp3) is 0.222. The number of nitrogens with zero attached hydrogens (tertiary/aromatic N) is 4. The van der Waals surface area contributed by atoms with E-state index in [9.17, 15) is 27.2 Å². The summed E-state index contributed by atoms with van der Waals surface area (Å²) < 4.78 is 40.9. The van der Waals surface area contributed by atoms with Gasteiger partial charge in [0.25, 0.3) is 5.56 Å². The molecule has 1 amide bonds. The first-order valence-electron chi connectivity index (χ1n) is 8.60. The molecule has 0 fully saturated rings. The summed E-state index contributed by atoms with van der Waals surface area (Å²) in [5.74, 6) is -1.26. The molecule has 0 bridgehead atoms. The fourth-order valence-corrected chi connectivity index (χ4v) is 3.94. The molecule has 0 unspecified atom stereocenters. The summed E-state index contributed by atoms with van der Waals surface area (Å²) in [7, 11) is -0.00395. The number of aromatic nitrogens is 3. The highest BCUT2D eigenvalue weighted by Gasteiger charge is 2.23. The van der Waals surface area contributed by atoms with Gasteiger partial charge in [0.2, 0.25) is 15.9 Å². The normalized spacial score (nSPS) is 11.8. The van der Waals surface area contributed by atoms with E-state index in [1.54, 1.807) is 0 Å². The zero-order chi connectivity index (χ0) is 22.2. The highest BCUT2D eigenvalue weighted by atomic mass is 32.2.